The van der Waals surface area contributed by atoms with Gasteiger partial charge in [-0.2, -0.15) is 0 Å². The summed E-state index contributed by atoms with van der Waals surface area (Å²) in [7, 11) is 1.61. The number of halogens is 1. The van der Waals surface area contributed by atoms with Crippen molar-refractivity contribution in [3.05, 3.63) is 28.2 Å². The van der Waals surface area contributed by atoms with Gasteiger partial charge < -0.3 is 15.4 Å². The number of methoxy groups -OCH3 is 1. The van der Waals surface area contributed by atoms with Crippen LogP contribution in [0.3, 0.4) is 0 Å². The zero-order chi connectivity index (χ0) is 17.4. The Hall–Kier alpha value is -1.60. The van der Waals surface area contributed by atoms with Crippen molar-refractivity contribution in [3.8, 4) is 5.75 Å². The van der Waals surface area contributed by atoms with E-state index < -0.39 is 6.03 Å². The lowest BCUT2D eigenvalue weighted by atomic mass is 10.1. The second-order valence-electron chi connectivity index (χ2n) is 5.33. The molecule has 1 rings (SSSR count). The molecule has 7 heteroatoms. The quantitative estimate of drug-likeness (QED) is 0.673. The van der Waals surface area contributed by atoms with Gasteiger partial charge in [0.15, 0.2) is 0 Å². The lowest BCUT2D eigenvalue weighted by molar-refractivity contribution is -0.119. The molecule has 0 spiro atoms. The molecule has 2 atom stereocenters. The van der Waals surface area contributed by atoms with E-state index >= 15 is 0 Å². The number of benzene rings is 1. The Labute approximate surface area is 145 Å². The molecule has 0 saturated heterocycles. The maximum atomic E-state index is 11.8. The highest BCUT2D eigenvalue weighted by Gasteiger charge is 2.12. The number of hydrogen-bond acceptors (Lipinski definition) is 4. The van der Waals surface area contributed by atoms with Gasteiger partial charge in [-0.05, 0) is 53.9 Å². The minimum absolute atomic E-state index is 0.0336. The molecule has 1 aromatic rings. The Morgan fingerprint density at radius 1 is 1.30 bits per heavy atom. The zero-order valence-electron chi connectivity index (χ0n) is 13.9. The number of nitrogens with one attached hydrogen (secondary N) is 3. The number of imide groups is 1. The molecule has 1 aromatic carbocycles. The van der Waals surface area contributed by atoms with Crippen molar-refractivity contribution in [3.63, 3.8) is 0 Å². The molecule has 0 saturated carbocycles. The summed E-state index contributed by atoms with van der Waals surface area (Å²) >= 11 is 3.43. The molecule has 0 aliphatic rings. The Kier molecular flexibility index (Phi) is 8.05. The maximum Gasteiger partial charge on any atom is 0.321 e. The molecular formula is C16H24BrN3O3. The summed E-state index contributed by atoms with van der Waals surface area (Å²) in [5.74, 6) is 0.380. The fourth-order valence-corrected chi connectivity index (χ4v) is 2.41. The van der Waals surface area contributed by atoms with E-state index in [0.29, 0.717) is 0 Å². The van der Waals surface area contributed by atoms with E-state index in [2.05, 4.69) is 31.9 Å². The Balaban J connectivity index is 2.46. The van der Waals surface area contributed by atoms with Crippen LogP contribution in [0.5, 0.6) is 5.75 Å². The highest BCUT2D eigenvalue weighted by molar-refractivity contribution is 9.10. The second kappa shape index (κ2) is 9.52. The van der Waals surface area contributed by atoms with Gasteiger partial charge in [0.1, 0.15) is 5.75 Å². The number of rotatable bonds is 7. The number of ether oxygens (including phenoxy) is 1. The molecule has 3 N–H and O–H groups in total. The molecular weight excluding hydrogens is 362 g/mol. The number of carbonyl (C=O) groups excluding carboxylic acids is 2. The third-order valence-corrected chi connectivity index (χ3v) is 4.11. The summed E-state index contributed by atoms with van der Waals surface area (Å²) in [6.45, 7) is 5.84. The van der Waals surface area contributed by atoms with Crippen molar-refractivity contribution >= 4 is 27.9 Å². The van der Waals surface area contributed by atoms with Crippen LogP contribution in [0.25, 0.3) is 0 Å². The minimum atomic E-state index is -0.467. The fourth-order valence-electron chi connectivity index (χ4n) is 1.85. The molecule has 0 bridgehead atoms. The van der Waals surface area contributed by atoms with E-state index in [0.717, 1.165) is 22.2 Å². The van der Waals surface area contributed by atoms with E-state index in [4.69, 9.17) is 4.74 Å². The molecule has 0 aliphatic heterocycles. The van der Waals surface area contributed by atoms with E-state index in [9.17, 15) is 9.59 Å². The third kappa shape index (κ3) is 6.58. The van der Waals surface area contributed by atoms with Gasteiger partial charge in [0.25, 0.3) is 0 Å². The zero-order valence-corrected chi connectivity index (χ0v) is 15.5. The van der Waals surface area contributed by atoms with Crippen molar-refractivity contribution in [2.24, 2.45) is 0 Å². The molecule has 0 radical (unpaired) electrons. The predicted octanol–water partition coefficient (Wildman–Crippen LogP) is 2.73. The van der Waals surface area contributed by atoms with E-state index in [-0.39, 0.29) is 24.5 Å². The molecule has 0 aliphatic carbocycles. The fraction of sp³-hybridized carbons (Fsp3) is 0.500. The molecule has 0 fully saturated rings. The third-order valence-electron chi connectivity index (χ3n) is 3.49. The summed E-state index contributed by atoms with van der Waals surface area (Å²) in [5.41, 5.74) is 1.01. The van der Waals surface area contributed by atoms with Crippen LogP contribution in [0, 0.1) is 0 Å². The van der Waals surface area contributed by atoms with Crippen molar-refractivity contribution in [1.29, 1.82) is 0 Å². The Morgan fingerprint density at radius 2 is 2.00 bits per heavy atom. The van der Waals surface area contributed by atoms with E-state index in [1.165, 1.54) is 0 Å². The van der Waals surface area contributed by atoms with Gasteiger partial charge in [0.05, 0.1) is 18.1 Å². The summed E-state index contributed by atoms with van der Waals surface area (Å²) in [4.78, 5) is 23.3. The molecule has 23 heavy (non-hydrogen) atoms. The maximum absolute atomic E-state index is 11.8. The Bertz CT molecular complexity index is 551. The van der Waals surface area contributed by atoms with Crippen LogP contribution in [0.4, 0.5) is 4.79 Å². The first-order valence-corrected chi connectivity index (χ1v) is 8.33. The average molecular weight is 386 g/mol. The molecule has 0 aromatic heterocycles. The van der Waals surface area contributed by atoms with Gasteiger partial charge in [-0.15, -0.1) is 0 Å². The monoisotopic (exact) mass is 385 g/mol. The summed E-state index contributed by atoms with van der Waals surface area (Å²) in [5, 5.41) is 8.06. The standard InChI is InChI=1S/C16H24BrN3O3/c1-5-10(2)19-16(22)20-15(21)9-18-11(3)12-6-7-14(23-4)13(17)8-12/h6-8,10-11,18H,5,9H2,1-4H3,(H2,19,20,21,22)/t10-,11-/m0/s1. The van der Waals surface area contributed by atoms with Crippen molar-refractivity contribution in [2.75, 3.05) is 13.7 Å². The van der Waals surface area contributed by atoms with Gasteiger partial charge in [-0.1, -0.05) is 13.0 Å². The summed E-state index contributed by atoms with van der Waals surface area (Å²) in [6.07, 6.45) is 0.809. The number of carbonyl (C=O) groups is 2. The van der Waals surface area contributed by atoms with Crippen molar-refractivity contribution in [2.45, 2.75) is 39.3 Å². The number of hydrogen-bond donors (Lipinski definition) is 3. The van der Waals surface area contributed by atoms with Crippen LogP contribution in [0.1, 0.15) is 38.8 Å². The second-order valence-corrected chi connectivity index (χ2v) is 6.18. The first-order valence-electron chi connectivity index (χ1n) is 7.54. The summed E-state index contributed by atoms with van der Waals surface area (Å²) in [6, 6.07) is 5.24. The molecule has 6 nitrogen and oxygen atoms in total. The van der Waals surface area contributed by atoms with Crippen molar-refractivity contribution in [1.82, 2.24) is 16.0 Å². The van der Waals surface area contributed by atoms with Crippen LogP contribution in [0.2, 0.25) is 0 Å². The van der Waals surface area contributed by atoms with Crippen LogP contribution in [-0.4, -0.2) is 31.6 Å². The molecule has 128 valence electrons. The van der Waals surface area contributed by atoms with Crippen molar-refractivity contribution < 1.29 is 14.3 Å². The molecule has 0 heterocycles. The SMILES string of the molecule is CC[C@H](C)NC(=O)NC(=O)CN[C@@H](C)c1ccc(OC)c(Br)c1. The largest absolute Gasteiger partial charge is 0.496 e. The first-order chi connectivity index (χ1) is 10.9. The van der Waals surface area contributed by atoms with E-state index in [1.807, 2.05) is 39.0 Å². The predicted molar refractivity (Wildman–Crippen MR) is 93.5 cm³/mol. The van der Waals surface area contributed by atoms with Crippen LogP contribution >= 0.6 is 15.9 Å². The van der Waals surface area contributed by atoms with Crippen LogP contribution < -0.4 is 20.7 Å². The average Bonchev–Trinajstić information content (AvgIpc) is 2.52. The normalized spacial score (nSPS) is 13.1. The van der Waals surface area contributed by atoms with Gasteiger partial charge in [-0.3, -0.25) is 10.1 Å². The summed E-state index contributed by atoms with van der Waals surface area (Å²) < 4.78 is 6.04. The number of amides is 3. The molecule has 3 amide bonds. The van der Waals surface area contributed by atoms with Gasteiger partial charge in [-0.25, -0.2) is 4.79 Å². The van der Waals surface area contributed by atoms with Crippen LogP contribution in [0.15, 0.2) is 22.7 Å². The van der Waals surface area contributed by atoms with Gasteiger partial charge in [0, 0.05) is 12.1 Å². The highest BCUT2D eigenvalue weighted by Crippen LogP contribution is 2.27. The topological polar surface area (TPSA) is 79.5 Å². The Morgan fingerprint density at radius 3 is 2.57 bits per heavy atom. The van der Waals surface area contributed by atoms with Crippen LogP contribution in [-0.2, 0) is 4.79 Å². The van der Waals surface area contributed by atoms with Gasteiger partial charge in [0.2, 0.25) is 5.91 Å². The highest BCUT2D eigenvalue weighted by atomic mass is 79.9. The van der Waals surface area contributed by atoms with E-state index in [1.54, 1.807) is 7.11 Å². The minimum Gasteiger partial charge on any atom is -0.496 e. The number of urea groups is 1. The first kappa shape index (κ1) is 19.4. The lowest BCUT2D eigenvalue weighted by Gasteiger charge is -2.16. The molecule has 0 unspecified atom stereocenters. The van der Waals surface area contributed by atoms with Gasteiger partial charge >= 0.3 is 6.03 Å². The smallest absolute Gasteiger partial charge is 0.321 e. The lowest BCUT2D eigenvalue weighted by Crippen LogP contribution is -2.46.